The van der Waals surface area contributed by atoms with Crippen molar-refractivity contribution in [2.45, 2.75) is 259 Å². The van der Waals surface area contributed by atoms with Crippen molar-refractivity contribution < 1.29 is 89.4 Å². The first kappa shape index (κ1) is 61.6. The molecule has 3 aliphatic heterocycles. The first-order valence-corrected chi connectivity index (χ1v) is 26.1. The van der Waals surface area contributed by atoms with Crippen LogP contribution in [0.15, 0.2) is 24.3 Å². The molecule has 1 amide bonds. The van der Waals surface area contributed by atoms with Crippen molar-refractivity contribution in [3.05, 3.63) is 24.3 Å². The molecule has 0 saturated carbocycles. The van der Waals surface area contributed by atoms with Crippen LogP contribution in [-0.2, 0) is 33.2 Å². The quantitative estimate of drug-likeness (QED) is 0.0316. The lowest BCUT2D eigenvalue weighted by Gasteiger charge is -2.48. The SMILES string of the molecule is CCCCC/C=C\C/C=C\CCCCCCCCCCCC(=O)NC(COC1OC(CO)C(OC2OC(CO)C(OC3OC(CO)C(O)C(O)C3O)C(O)C2O)C(O)C1O)C(O)CCCCCCC. The number of carbonyl (C=O) groups excluding carboxylic acids is 1. The second-order valence-electron chi connectivity index (χ2n) is 19.0. The van der Waals surface area contributed by atoms with Gasteiger partial charge in [-0.1, -0.05) is 128 Å². The van der Waals surface area contributed by atoms with Gasteiger partial charge in [0.25, 0.3) is 0 Å². The Labute approximate surface area is 409 Å². The molecule has 0 aromatic rings. The normalized spacial score (nSPS) is 33.0. The van der Waals surface area contributed by atoms with E-state index in [1.807, 2.05) is 0 Å². The molecule has 17 unspecified atom stereocenters. The largest absolute Gasteiger partial charge is 0.394 e. The summed E-state index contributed by atoms with van der Waals surface area (Å²) in [5.74, 6) is -0.257. The van der Waals surface area contributed by atoms with Gasteiger partial charge in [0, 0.05) is 6.42 Å². The summed E-state index contributed by atoms with van der Waals surface area (Å²) in [6.45, 7) is 1.62. The van der Waals surface area contributed by atoms with Gasteiger partial charge in [-0.05, 0) is 44.9 Å². The highest BCUT2D eigenvalue weighted by Gasteiger charge is 2.53. The second kappa shape index (κ2) is 35.4. The number of aliphatic hydroxyl groups excluding tert-OH is 11. The van der Waals surface area contributed by atoms with Gasteiger partial charge >= 0.3 is 0 Å². The lowest BCUT2D eigenvalue weighted by molar-refractivity contribution is -0.379. The number of hydrogen-bond acceptors (Lipinski definition) is 18. The summed E-state index contributed by atoms with van der Waals surface area (Å²) in [6, 6.07) is -0.883. The molecule has 19 heteroatoms. The van der Waals surface area contributed by atoms with Crippen molar-refractivity contribution >= 4 is 5.91 Å². The number of rotatable bonds is 36. The van der Waals surface area contributed by atoms with Crippen LogP contribution in [0.1, 0.15) is 155 Å². The number of ether oxygens (including phenoxy) is 6. The zero-order valence-corrected chi connectivity index (χ0v) is 41.3. The van der Waals surface area contributed by atoms with Crippen LogP contribution in [0.4, 0.5) is 0 Å². The van der Waals surface area contributed by atoms with Crippen LogP contribution in [0.25, 0.3) is 0 Å². The van der Waals surface area contributed by atoms with Gasteiger partial charge in [-0.15, -0.1) is 0 Å². The summed E-state index contributed by atoms with van der Waals surface area (Å²) < 4.78 is 34.0. The zero-order valence-electron chi connectivity index (χ0n) is 41.3. The number of amides is 1. The van der Waals surface area contributed by atoms with E-state index in [4.69, 9.17) is 28.4 Å². The van der Waals surface area contributed by atoms with E-state index in [2.05, 4.69) is 43.5 Å². The molecule has 3 rings (SSSR count). The van der Waals surface area contributed by atoms with Gasteiger partial charge in [0.05, 0.1) is 38.6 Å². The van der Waals surface area contributed by atoms with Gasteiger partial charge in [-0.25, -0.2) is 0 Å². The van der Waals surface area contributed by atoms with Crippen LogP contribution in [0.3, 0.4) is 0 Å². The van der Waals surface area contributed by atoms with Crippen LogP contribution in [0, 0.1) is 0 Å². The predicted octanol–water partition coefficient (Wildman–Crippen LogP) is 2.03. The zero-order chi connectivity index (χ0) is 50.6. The summed E-state index contributed by atoms with van der Waals surface area (Å²) in [4.78, 5) is 13.2. The molecular weight excluding hydrogens is 903 g/mol. The first-order chi connectivity index (χ1) is 33.3. The summed E-state index contributed by atoms with van der Waals surface area (Å²) in [5.41, 5.74) is 0. The molecule has 69 heavy (non-hydrogen) atoms. The highest BCUT2D eigenvalue weighted by molar-refractivity contribution is 5.76. The Morgan fingerprint density at radius 1 is 0.522 bits per heavy atom. The molecule has 404 valence electrons. The van der Waals surface area contributed by atoms with Crippen LogP contribution in [0.5, 0.6) is 0 Å². The Morgan fingerprint density at radius 2 is 0.957 bits per heavy atom. The molecule has 3 aliphatic rings. The summed E-state index contributed by atoms with van der Waals surface area (Å²) in [7, 11) is 0. The first-order valence-electron chi connectivity index (χ1n) is 26.1. The van der Waals surface area contributed by atoms with Crippen LogP contribution in [0.2, 0.25) is 0 Å². The summed E-state index contributed by atoms with van der Waals surface area (Å²) in [6.07, 6.45) is 4.91. The molecule has 0 spiro atoms. The maximum Gasteiger partial charge on any atom is 0.220 e. The van der Waals surface area contributed by atoms with E-state index in [9.17, 15) is 61.0 Å². The molecule has 0 radical (unpaired) electrons. The van der Waals surface area contributed by atoms with Crippen LogP contribution in [-0.4, -0.2) is 193 Å². The minimum atomic E-state index is -1.97. The van der Waals surface area contributed by atoms with E-state index >= 15 is 0 Å². The number of hydrogen-bond donors (Lipinski definition) is 12. The molecule has 3 fully saturated rings. The van der Waals surface area contributed by atoms with Gasteiger partial charge in [-0.3, -0.25) is 4.79 Å². The fourth-order valence-corrected chi connectivity index (χ4v) is 8.87. The third-order valence-corrected chi connectivity index (χ3v) is 13.3. The number of carbonyl (C=O) groups is 1. The van der Waals surface area contributed by atoms with Gasteiger partial charge in [0.15, 0.2) is 18.9 Å². The molecule has 3 saturated heterocycles. The molecule has 19 nitrogen and oxygen atoms in total. The Balaban J connectivity index is 1.46. The van der Waals surface area contributed by atoms with Crippen LogP contribution < -0.4 is 5.32 Å². The Kier molecular flexibility index (Phi) is 31.6. The van der Waals surface area contributed by atoms with E-state index < -0.39 is 124 Å². The standard InChI is InChI=1S/C50H91NO18/c1-3-5-7-9-10-11-12-13-14-15-16-17-18-19-20-21-22-24-26-28-38(56)51-33(34(55)27-25-23-8-6-4-2)32-64-48-44(62)41(59)46(36(30-53)66-48)69-50-45(63)42(60)47(37(31-54)67-50)68-49-43(61)40(58)39(57)35(29-52)65-49/h10-11,13-14,33-37,39-50,52-55,57-63H,3-9,12,15-32H2,1-2H3,(H,51,56)/b11-10-,14-13-. The Hall–Kier alpha value is -1.73. The average molecular weight is 994 g/mol. The van der Waals surface area contributed by atoms with Crippen molar-refractivity contribution in [2.75, 3.05) is 26.4 Å². The number of allylic oxidation sites excluding steroid dienone is 4. The fraction of sp³-hybridized carbons (Fsp3) is 0.900. The Bertz CT molecular complexity index is 1380. The third-order valence-electron chi connectivity index (χ3n) is 13.3. The highest BCUT2D eigenvalue weighted by Crippen LogP contribution is 2.33. The minimum absolute atomic E-state index is 0.257. The third kappa shape index (κ3) is 21.3. The summed E-state index contributed by atoms with van der Waals surface area (Å²) in [5, 5.41) is 119. The monoisotopic (exact) mass is 994 g/mol. The van der Waals surface area contributed by atoms with Gasteiger partial charge in [-0.2, -0.15) is 0 Å². The maximum absolute atomic E-state index is 13.2. The summed E-state index contributed by atoms with van der Waals surface area (Å²) >= 11 is 0. The number of unbranched alkanes of at least 4 members (excludes halogenated alkanes) is 16. The van der Waals surface area contributed by atoms with Crippen molar-refractivity contribution in [2.24, 2.45) is 0 Å². The number of nitrogens with one attached hydrogen (secondary N) is 1. The van der Waals surface area contributed by atoms with E-state index in [-0.39, 0.29) is 18.9 Å². The second-order valence-corrected chi connectivity index (χ2v) is 19.0. The van der Waals surface area contributed by atoms with Crippen molar-refractivity contribution in [1.82, 2.24) is 5.32 Å². The molecule has 0 aliphatic carbocycles. The molecule has 3 heterocycles. The molecule has 17 atom stereocenters. The van der Waals surface area contributed by atoms with E-state index in [1.165, 1.54) is 57.8 Å². The lowest BCUT2D eigenvalue weighted by Crippen LogP contribution is -2.66. The molecule has 0 bridgehead atoms. The van der Waals surface area contributed by atoms with E-state index in [0.717, 1.165) is 64.2 Å². The lowest BCUT2D eigenvalue weighted by atomic mass is 9.96. The van der Waals surface area contributed by atoms with E-state index in [0.29, 0.717) is 12.8 Å². The van der Waals surface area contributed by atoms with Crippen LogP contribution >= 0.6 is 0 Å². The van der Waals surface area contributed by atoms with Gasteiger partial charge in [0.1, 0.15) is 73.2 Å². The van der Waals surface area contributed by atoms with Crippen molar-refractivity contribution in [3.8, 4) is 0 Å². The number of aliphatic hydroxyl groups is 11. The highest BCUT2D eigenvalue weighted by atomic mass is 16.8. The van der Waals surface area contributed by atoms with Gasteiger partial charge < -0.3 is 89.9 Å². The van der Waals surface area contributed by atoms with E-state index in [1.54, 1.807) is 0 Å². The van der Waals surface area contributed by atoms with Gasteiger partial charge in [0.2, 0.25) is 5.91 Å². The smallest absolute Gasteiger partial charge is 0.220 e. The molecular formula is C50H91NO18. The average Bonchev–Trinajstić information content (AvgIpc) is 3.34. The predicted molar refractivity (Wildman–Crippen MR) is 254 cm³/mol. The molecule has 0 aromatic carbocycles. The molecule has 0 aromatic heterocycles. The fourth-order valence-electron chi connectivity index (χ4n) is 8.87. The Morgan fingerprint density at radius 3 is 1.51 bits per heavy atom. The maximum atomic E-state index is 13.2. The topological polar surface area (TPSA) is 307 Å². The van der Waals surface area contributed by atoms with Crippen molar-refractivity contribution in [1.29, 1.82) is 0 Å². The van der Waals surface area contributed by atoms with Crippen molar-refractivity contribution in [3.63, 3.8) is 0 Å². The minimum Gasteiger partial charge on any atom is -0.394 e. The molecule has 12 N–H and O–H groups in total.